The SMILES string of the molecule is O=C1S/C(=C/c2cccn2-c2ccc(Cl)cc2)C(=O)N1Cc1cccc2ccccc12. The van der Waals surface area contributed by atoms with Crippen LogP contribution in [0.15, 0.2) is 90.0 Å². The number of imide groups is 1. The van der Waals surface area contributed by atoms with Crippen molar-refractivity contribution in [2.24, 2.45) is 0 Å². The van der Waals surface area contributed by atoms with Gasteiger partial charge < -0.3 is 4.57 Å². The molecule has 0 spiro atoms. The molecule has 2 amide bonds. The first kappa shape index (κ1) is 19.7. The van der Waals surface area contributed by atoms with Gasteiger partial charge in [-0.3, -0.25) is 14.5 Å². The summed E-state index contributed by atoms with van der Waals surface area (Å²) in [5, 5.41) is 2.54. The molecule has 1 aliphatic heterocycles. The quantitative estimate of drug-likeness (QED) is 0.336. The molecule has 0 aliphatic carbocycles. The number of rotatable bonds is 4. The van der Waals surface area contributed by atoms with Crippen LogP contribution in [0.3, 0.4) is 0 Å². The van der Waals surface area contributed by atoms with Crippen molar-refractivity contribution in [2.45, 2.75) is 6.54 Å². The number of nitrogens with zero attached hydrogens (tertiary/aromatic N) is 2. The van der Waals surface area contributed by atoms with Gasteiger partial charge in [-0.05, 0) is 70.6 Å². The van der Waals surface area contributed by atoms with Gasteiger partial charge in [-0.2, -0.15) is 0 Å². The van der Waals surface area contributed by atoms with E-state index in [9.17, 15) is 9.59 Å². The largest absolute Gasteiger partial charge is 0.317 e. The van der Waals surface area contributed by atoms with E-state index in [0.717, 1.165) is 39.5 Å². The van der Waals surface area contributed by atoms with E-state index in [1.807, 2.05) is 89.6 Å². The summed E-state index contributed by atoms with van der Waals surface area (Å²) in [6.07, 6.45) is 3.68. The van der Waals surface area contributed by atoms with Gasteiger partial charge in [-0.1, -0.05) is 54.1 Å². The van der Waals surface area contributed by atoms with Gasteiger partial charge in [-0.15, -0.1) is 0 Å². The molecule has 1 fully saturated rings. The lowest BCUT2D eigenvalue weighted by Gasteiger charge is -2.14. The molecule has 4 aromatic rings. The van der Waals surface area contributed by atoms with Gasteiger partial charge in [0.05, 0.1) is 11.4 Å². The summed E-state index contributed by atoms with van der Waals surface area (Å²) in [5.74, 6) is -0.271. The lowest BCUT2D eigenvalue weighted by Crippen LogP contribution is -2.27. The fourth-order valence-electron chi connectivity index (χ4n) is 3.72. The predicted molar refractivity (Wildman–Crippen MR) is 126 cm³/mol. The molecule has 4 nitrogen and oxygen atoms in total. The highest BCUT2D eigenvalue weighted by Crippen LogP contribution is 2.34. The van der Waals surface area contributed by atoms with E-state index in [4.69, 9.17) is 11.6 Å². The average molecular weight is 445 g/mol. The van der Waals surface area contributed by atoms with Gasteiger partial charge in [-0.25, -0.2) is 0 Å². The summed E-state index contributed by atoms with van der Waals surface area (Å²) in [7, 11) is 0. The highest BCUT2D eigenvalue weighted by molar-refractivity contribution is 8.18. The van der Waals surface area contributed by atoms with Gasteiger partial charge in [0.25, 0.3) is 11.1 Å². The topological polar surface area (TPSA) is 42.3 Å². The normalized spacial score (nSPS) is 15.4. The second kappa shape index (κ2) is 8.10. The predicted octanol–water partition coefficient (Wildman–Crippen LogP) is 6.52. The third kappa shape index (κ3) is 3.78. The molecule has 5 rings (SSSR count). The molecule has 0 radical (unpaired) electrons. The van der Waals surface area contributed by atoms with Crippen LogP contribution in [0.2, 0.25) is 5.02 Å². The molecular weight excluding hydrogens is 428 g/mol. The smallest absolute Gasteiger partial charge is 0.293 e. The fourth-order valence-corrected chi connectivity index (χ4v) is 4.67. The maximum Gasteiger partial charge on any atom is 0.293 e. The van der Waals surface area contributed by atoms with Crippen molar-refractivity contribution >= 4 is 51.4 Å². The number of thioether (sulfide) groups is 1. The van der Waals surface area contributed by atoms with Crippen molar-refractivity contribution in [3.63, 3.8) is 0 Å². The van der Waals surface area contributed by atoms with Crippen LogP contribution < -0.4 is 0 Å². The molecule has 2 heterocycles. The van der Waals surface area contributed by atoms with Crippen molar-refractivity contribution in [3.8, 4) is 5.69 Å². The van der Waals surface area contributed by atoms with Crippen LogP contribution >= 0.6 is 23.4 Å². The Bertz CT molecular complexity index is 1340. The number of aromatic nitrogens is 1. The molecule has 3 aromatic carbocycles. The van der Waals surface area contributed by atoms with Gasteiger partial charge in [0.2, 0.25) is 0 Å². The first-order valence-electron chi connectivity index (χ1n) is 9.75. The van der Waals surface area contributed by atoms with E-state index >= 15 is 0 Å². The monoisotopic (exact) mass is 444 g/mol. The van der Waals surface area contributed by atoms with E-state index in [-0.39, 0.29) is 17.7 Å². The van der Waals surface area contributed by atoms with Crippen molar-refractivity contribution in [1.82, 2.24) is 9.47 Å². The number of hydrogen-bond donors (Lipinski definition) is 0. The summed E-state index contributed by atoms with van der Waals surface area (Å²) in [6, 6.07) is 25.2. The molecule has 0 saturated carbocycles. The summed E-state index contributed by atoms with van der Waals surface area (Å²) in [4.78, 5) is 27.5. The highest BCUT2D eigenvalue weighted by Gasteiger charge is 2.35. The van der Waals surface area contributed by atoms with Crippen LogP contribution in [-0.4, -0.2) is 20.6 Å². The van der Waals surface area contributed by atoms with Crippen LogP contribution in [0.4, 0.5) is 4.79 Å². The zero-order chi connectivity index (χ0) is 21.4. The molecule has 31 heavy (non-hydrogen) atoms. The number of carbonyl (C=O) groups excluding carboxylic acids is 2. The van der Waals surface area contributed by atoms with Gasteiger partial charge in [0.15, 0.2) is 0 Å². The summed E-state index contributed by atoms with van der Waals surface area (Å²) in [6.45, 7) is 0.252. The van der Waals surface area contributed by atoms with Gasteiger partial charge in [0.1, 0.15) is 0 Å². The van der Waals surface area contributed by atoms with E-state index in [1.165, 1.54) is 4.90 Å². The second-order valence-corrected chi connectivity index (χ2v) is 8.62. The third-order valence-electron chi connectivity index (χ3n) is 5.25. The van der Waals surface area contributed by atoms with Gasteiger partial charge >= 0.3 is 0 Å². The Labute approximate surface area is 188 Å². The van der Waals surface area contributed by atoms with Crippen LogP contribution in [-0.2, 0) is 11.3 Å². The molecule has 1 saturated heterocycles. The Balaban J connectivity index is 1.44. The molecule has 6 heteroatoms. The van der Waals surface area contributed by atoms with Crippen LogP contribution in [0.1, 0.15) is 11.3 Å². The lowest BCUT2D eigenvalue weighted by molar-refractivity contribution is -0.123. The fraction of sp³-hybridized carbons (Fsp3) is 0.0400. The molecule has 0 unspecified atom stereocenters. The van der Waals surface area contributed by atoms with Crippen molar-refractivity contribution in [3.05, 3.63) is 106 Å². The first-order valence-corrected chi connectivity index (χ1v) is 10.9. The lowest BCUT2D eigenvalue weighted by atomic mass is 10.0. The second-order valence-electron chi connectivity index (χ2n) is 7.19. The maximum atomic E-state index is 13.1. The van der Waals surface area contributed by atoms with E-state index in [2.05, 4.69) is 0 Å². The summed E-state index contributed by atoms with van der Waals surface area (Å²) >= 11 is 6.97. The molecular formula is C25H17ClN2O2S. The molecule has 1 aromatic heterocycles. The van der Waals surface area contributed by atoms with E-state index < -0.39 is 0 Å². The highest BCUT2D eigenvalue weighted by atomic mass is 35.5. The Kier molecular flexibility index (Phi) is 5.14. The van der Waals surface area contributed by atoms with Gasteiger partial charge in [0, 0.05) is 22.6 Å². The minimum Gasteiger partial charge on any atom is -0.317 e. The zero-order valence-corrected chi connectivity index (χ0v) is 17.9. The number of amides is 2. The van der Waals surface area contributed by atoms with Crippen LogP contribution in [0, 0.1) is 0 Å². The molecule has 152 valence electrons. The maximum absolute atomic E-state index is 13.1. The molecule has 1 aliphatic rings. The minimum absolute atomic E-state index is 0.252. The Morgan fingerprint density at radius 3 is 2.48 bits per heavy atom. The van der Waals surface area contributed by atoms with E-state index in [0.29, 0.717) is 9.93 Å². The van der Waals surface area contributed by atoms with Crippen LogP contribution in [0.25, 0.3) is 22.5 Å². The Hall–Kier alpha value is -3.28. The number of benzene rings is 3. The standard InChI is InChI=1S/C25H17ClN2O2S/c26-19-10-12-20(13-11-19)27-14-4-8-21(27)15-23-24(29)28(25(30)31-23)16-18-7-3-6-17-5-1-2-9-22(17)18/h1-15H,16H2/b23-15+. The molecule has 0 bridgehead atoms. The number of fused-ring (bicyclic) bond motifs is 1. The van der Waals surface area contributed by atoms with Crippen molar-refractivity contribution in [2.75, 3.05) is 0 Å². The number of hydrogen-bond acceptors (Lipinski definition) is 3. The average Bonchev–Trinajstić information content (AvgIpc) is 3.34. The summed E-state index contributed by atoms with van der Waals surface area (Å²) in [5.41, 5.74) is 2.69. The van der Waals surface area contributed by atoms with Crippen molar-refractivity contribution < 1.29 is 9.59 Å². The van der Waals surface area contributed by atoms with Crippen molar-refractivity contribution in [1.29, 1.82) is 0 Å². The van der Waals surface area contributed by atoms with Crippen LogP contribution in [0.5, 0.6) is 0 Å². The Morgan fingerprint density at radius 2 is 1.65 bits per heavy atom. The first-order chi connectivity index (χ1) is 15.1. The zero-order valence-electron chi connectivity index (χ0n) is 16.4. The Morgan fingerprint density at radius 1 is 0.871 bits per heavy atom. The molecule has 0 atom stereocenters. The molecule has 0 N–H and O–H groups in total. The van der Waals surface area contributed by atoms with E-state index in [1.54, 1.807) is 6.08 Å². The number of carbonyl (C=O) groups is 2. The number of halogens is 1. The summed E-state index contributed by atoms with van der Waals surface area (Å²) < 4.78 is 1.95. The third-order valence-corrected chi connectivity index (χ3v) is 6.41. The minimum atomic E-state index is -0.271.